The lowest BCUT2D eigenvalue weighted by Crippen LogP contribution is -1.95. The van der Waals surface area contributed by atoms with Crippen molar-refractivity contribution in [1.29, 1.82) is 0 Å². The van der Waals surface area contributed by atoms with Crippen LogP contribution in [0.5, 0.6) is 0 Å². The lowest BCUT2D eigenvalue weighted by atomic mass is 10.3. The number of aromatic nitrogens is 4. The van der Waals surface area contributed by atoms with Gasteiger partial charge in [0.1, 0.15) is 11.2 Å². The van der Waals surface area contributed by atoms with Gasteiger partial charge in [-0.2, -0.15) is 5.10 Å². The van der Waals surface area contributed by atoms with Crippen LogP contribution in [0.2, 0.25) is 0 Å². The summed E-state index contributed by atoms with van der Waals surface area (Å²) in [5, 5.41) is 4.36. The van der Waals surface area contributed by atoms with Crippen molar-refractivity contribution < 1.29 is 4.39 Å². The number of hydrogen-bond donors (Lipinski definition) is 1. The van der Waals surface area contributed by atoms with Crippen molar-refractivity contribution in [2.75, 3.05) is 0 Å². The number of aromatic amines is 1. The number of H-pyrrole nitrogens is 1. The molecule has 0 fully saturated rings. The van der Waals surface area contributed by atoms with Gasteiger partial charge in [0.15, 0.2) is 11.6 Å². The third-order valence-corrected chi connectivity index (χ3v) is 3.00. The van der Waals surface area contributed by atoms with E-state index in [0.29, 0.717) is 16.9 Å². The summed E-state index contributed by atoms with van der Waals surface area (Å²) in [5.74, 6) is 0.331. The molecule has 3 aromatic rings. The number of fused-ring (bicyclic) bond motifs is 1. The molecule has 0 aliphatic carbocycles. The Kier molecular flexibility index (Phi) is 2.40. The molecule has 18 heavy (non-hydrogen) atoms. The van der Waals surface area contributed by atoms with Crippen LogP contribution in [0.3, 0.4) is 0 Å². The average molecular weight is 244 g/mol. The summed E-state index contributed by atoms with van der Waals surface area (Å²) in [4.78, 5) is 7.42. The molecule has 0 amide bonds. The standard InChI is InChI=1S/C13H13FN4/c1-3-8-7-11(18(2)17-8)13-15-10-6-4-5-9(14)12(10)16-13/h4-7H,3H2,1-2H3,(H,15,16). The van der Waals surface area contributed by atoms with Crippen LogP contribution in [0, 0.1) is 5.82 Å². The largest absolute Gasteiger partial charge is 0.337 e. The highest BCUT2D eigenvalue weighted by atomic mass is 19.1. The van der Waals surface area contributed by atoms with Crippen LogP contribution in [0.4, 0.5) is 4.39 Å². The molecule has 5 heteroatoms. The van der Waals surface area contributed by atoms with Crippen LogP contribution < -0.4 is 0 Å². The van der Waals surface area contributed by atoms with Gasteiger partial charge < -0.3 is 4.98 Å². The van der Waals surface area contributed by atoms with E-state index in [1.807, 2.05) is 26.1 Å². The molecule has 3 rings (SSSR count). The number of hydrogen-bond acceptors (Lipinski definition) is 2. The molecule has 1 aromatic carbocycles. The van der Waals surface area contributed by atoms with Gasteiger partial charge in [0.25, 0.3) is 0 Å². The zero-order valence-corrected chi connectivity index (χ0v) is 10.2. The topological polar surface area (TPSA) is 46.5 Å². The number of halogens is 1. The molecule has 2 heterocycles. The van der Waals surface area contributed by atoms with E-state index in [1.165, 1.54) is 6.07 Å². The Morgan fingerprint density at radius 3 is 2.89 bits per heavy atom. The first-order valence-electron chi connectivity index (χ1n) is 5.86. The van der Waals surface area contributed by atoms with E-state index in [-0.39, 0.29) is 5.82 Å². The number of nitrogens with one attached hydrogen (secondary N) is 1. The highest BCUT2D eigenvalue weighted by molar-refractivity contribution is 5.79. The van der Waals surface area contributed by atoms with Gasteiger partial charge in [0, 0.05) is 7.05 Å². The number of nitrogens with zero attached hydrogens (tertiary/aromatic N) is 3. The van der Waals surface area contributed by atoms with Crippen molar-refractivity contribution in [2.24, 2.45) is 7.05 Å². The van der Waals surface area contributed by atoms with Crippen molar-refractivity contribution in [3.8, 4) is 11.5 Å². The van der Waals surface area contributed by atoms with E-state index in [1.54, 1.807) is 10.7 Å². The van der Waals surface area contributed by atoms with Crippen LogP contribution in [0.1, 0.15) is 12.6 Å². The van der Waals surface area contributed by atoms with Crippen molar-refractivity contribution in [3.05, 3.63) is 35.8 Å². The second-order valence-corrected chi connectivity index (χ2v) is 4.22. The van der Waals surface area contributed by atoms with Crippen LogP contribution in [-0.2, 0) is 13.5 Å². The Labute approximate surface area is 103 Å². The van der Waals surface area contributed by atoms with Crippen molar-refractivity contribution >= 4 is 11.0 Å². The number of benzene rings is 1. The number of rotatable bonds is 2. The van der Waals surface area contributed by atoms with Crippen LogP contribution >= 0.6 is 0 Å². The lowest BCUT2D eigenvalue weighted by Gasteiger charge is -1.95. The SMILES string of the molecule is CCc1cc(-c2nc3c(F)cccc3[nH]2)n(C)n1. The third kappa shape index (κ3) is 1.59. The smallest absolute Gasteiger partial charge is 0.156 e. The zero-order valence-electron chi connectivity index (χ0n) is 10.2. The predicted molar refractivity (Wildman–Crippen MR) is 67.6 cm³/mol. The Bertz CT molecular complexity index is 711. The molecule has 0 saturated carbocycles. The quantitative estimate of drug-likeness (QED) is 0.753. The summed E-state index contributed by atoms with van der Waals surface area (Å²) < 4.78 is 15.3. The first kappa shape index (κ1) is 11.0. The van der Waals surface area contributed by atoms with Gasteiger partial charge in [0.2, 0.25) is 0 Å². The maximum Gasteiger partial charge on any atom is 0.156 e. The van der Waals surface area contributed by atoms with Crippen molar-refractivity contribution in [3.63, 3.8) is 0 Å². The van der Waals surface area contributed by atoms with Crippen LogP contribution in [0.15, 0.2) is 24.3 Å². The molecule has 0 spiro atoms. The normalized spacial score (nSPS) is 11.3. The van der Waals surface area contributed by atoms with Crippen molar-refractivity contribution in [2.45, 2.75) is 13.3 Å². The minimum atomic E-state index is -0.312. The maximum atomic E-state index is 13.6. The molecule has 1 N–H and O–H groups in total. The minimum absolute atomic E-state index is 0.312. The molecule has 92 valence electrons. The fourth-order valence-electron chi connectivity index (χ4n) is 2.04. The second-order valence-electron chi connectivity index (χ2n) is 4.22. The van der Waals surface area contributed by atoms with Gasteiger partial charge in [-0.05, 0) is 24.6 Å². The van der Waals surface area contributed by atoms with Crippen LogP contribution in [-0.4, -0.2) is 19.7 Å². The van der Waals surface area contributed by atoms with Gasteiger partial charge in [-0.15, -0.1) is 0 Å². The van der Waals surface area contributed by atoms with E-state index in [0.717, 1.165) is 17.8 Å². The van der Waals surface area contributed by atoms with Gasteiger partial charge in [-0.1, -0.05) is 13.0 Å². The fraction of sp³-hybridized carbons (Fsp3) is 0.231. The average Bonchev–Trinajstić information content (AvgIpc) is 2.93. The number of aryl methyl sites for hydroxylation is 2. The van der Waals surface area contributed by atoms with E-state index < -0.39 is 0 Å². The summed E-state index contributed by atoms with van der Waals surface area (Å²) in [6.07, 6.45) is 0.864. The summed E-state index contributed by atoms with van der Waals surface area (Å²) in [6, 6.07) is 6.86. The molecule has 0 bridgehead atoms. The molecule has 2 aromatic heterocycles. The van der Waals surface area contributed by atoms with Gasteiger partial charge in [0.05, 0.1) is 11.2 Å². The summed E-state index contributed by atoms with van der Waals surface area (Å²) in [5.41, 5.74) is 2.92. The highest BCUT2D eigenvalue weighted by Gasteiger charge is 2.12. The van der Waals surface area contributed by atoms with Gasteiger partial charge in [-0.3, -0.25) is 4.68 Å². The highest BCUT2D eigenvalue weighted by Crippen LogP contribution is 2.22. The monoisotopic (exact) mass is 244 g/mol. The Balaban J connectivity index is 2.19. The van der Waals surface area contributed by atoms with Crippen LogP contribution in [0.25, 0.3) is 22.6 Å². The Morgan fingerprint density at radius 1 is 1.39 bits per heavy atom. The molecule has 0 aliphatic heterocycles. The molecule has 0 saturated heterocycles. The summed E-state index contributed by atoms with van der Waals surface area (Å²) in [6.45, 7) is 2.05. The second kappa shape index (κ2) is 3.94. The zero-order chi connectivity index (χ0) is 12.7. The molecular formula is C13H13FN4. The maximum absolute atomic E-state index is 13.6. The molecule has 0 atom stereocenters. The Hall–Kier alpha value is -2.17. The first-order valence-corrected chi connectivity index (χ1v) is 5.86. The minimum Gasteiger partial charge on any atom is -0.337 e. The number of imidazole rings is 1. The van der Waals surface area contributed by atoms with E-state index in [9.17, 15) is 4.39 Å². The third-order valence-electron chi connectivity index (χ3n) is 3.00. The lowest BCUT2D eigenvalue weighted by molar-refractivity contribution is 0.637. The van der Waals surface area contributed by atoms with Crippen molar-refractivity contribution in [1.82, 2.24) is 19.7 Å². The van der Waals surface area contributed by atoms with Gasteiger partial charge in [-0.25, -0.2) is 9.37 Å². The van der Waals surface area contributed by atoms with E-state index in [2.05, 4.69) is 15.1 Å². The first-order chi connectivity index (χ1) is 8.69. The fourth-order valence-corrected chi connectivity index (χ4v) is 2.04. The predicted octanol–water partition coefficient (Wildman–Crippen LogP) is 2.66. The summed E-state index contributed by atoms with van der Waals surface area (Å²) >= 11 is 0. The molecule has 4 nitrogen and oxygen atoms in total. The molecule has 0 aliphatic rings. The van der Waals surface area contributed by atoms with Gasteiger partial charge >= 0.3 is 0 Å². The van der Waals surface area contributed by atoms with E-state index in [4.69, 9.17) is 0 Å². The molecule has 0 unspecified atom stereocenters. The molecule has 0 radical (unpaired) electrons. The Morgan fingerprint density at radius 2 is 2.22 bits per heavy atom. The van der Waals surface area contributed by atoms with E-state index >= 15 is 0 Å². The number of para-hydroxylation sites is 1. The summed E-state index contributed by atoms with van der Waals surface area (Å²) in [7, 11) is 1.86. The molecular weight excluding hydrogens is 231 g/mol.